The number of sulfonamides is 1. The number of carbonyl (C=O) groups excluding carboxylic acids is 2. The standard InChI is InChI=1S/C20H22Cl3N3O4S/c1-13(20(28)24-2)25(11-14-6-4-5-7-16(14)22)19(27)12-26(31(3,29)30)18-9-8-15(21)10-17(18)23/h4-10,13H,11-12H2,1-3H3,(H,24,28). The van der Waals surface area contributed by atoms with Gasteiger partial charge in [-0.1, -0.05) is 53.0 Å². The van der Waals surface area contributed by atoms with Crippen LogP contribution < -0.4 is 9.62 Å². The monoisotopic (exact) mass is 505 g/mol. The first kappa shape index (κ1) is 25.3. The molecule has 2 aromatic carbocycles. The molecule has 0 spiro atoms. The lowest BCUT2D eigenvalue weighted by Gasteiger charge is -2.31. The zero-order valence-electron chi connectivity index (χ0n) is 17.1. The van der Waals surface area contributed by atoms with E-state index in [0.29, 0.717) is 15.6 Å². The Morgan fingerprint density at radius 2 is 1.71 bits per heavy atom. The molecule has 0 aromatic heterocycles. The van der Waals surface area contributed by atoms with Gasteiger partial charge < -0.3 is 10.2 Å². The number of hydrogen-bond acceptors (Lipinski definition) is 4. The minimum Gasteiger partial charge on any atom is -0.357 e. The molecule has 0 aliphatic heterocycles. The first-order chi connectivity index (χ1) is 14.5. The molecule has 0 fully saturated rings. The number of likely N-dealkylation sites (N-methyl/N-ethyl adjacent to an activating group) is 1. The fourth-order valence-electron chi connectivity index (χ4n) is 2.88. The van der Waals surface area contributed by atoms with Crippen LogP contribution in [0.4, 0.5) is 5.69 Å². The Bertz CT molecular complexity index is 1080. The van der Waals surface area contributed by atoms with Crippen LogP contribution >= 0.6 is 34.8 Å². The van der Waals surface area contributed by atoms with Gasteiger partial charge in [0.05, 0.1) is 17.0 Å². The summed E-state index contributed by atoms with van der Waals surface area (Å²) in [4.78, 5) is 26.8. The highest BCUT2D eigenvalue weighted by Crippen LogP contribution is 2.30. The summed E-state index contributed by atoms with van der Waals surface area (Å²) in [7, 11) is -2.43. The number of amides is 2. The second kappa shape index (κ2) is 10.5. The van der Waals surface area contributed by atoms with Crippen molar-refractivity contribution in [3.63, 3.8) is 0 Å². The van der Waals surface area contributed by atoms with Crippen molar-refractivity contribution in [2.24, 2.45) is 0 Å². The van der Waals surface area contributed by atoms with E-state index in [9.17, 15) is 18.0 Å². The van der Waals surface area contributed by atoms with E-state index < -0.39 is 34.4 Å². The van der Waals surface area contributed by atoms with Crippen LogP contribution in [0.5, 0.6) is 0 Å². The summed E-state index contributed by atoms with van der Waals surface area (Å²) in [6.07, 6.45) is 0.964. The highest BCUT2D eigenvalue weighted by atomic mass is 35.5. The molecule has 168 valence electrons. The lowest BCUT2D eigenvalue weighted by atomic mass is 10.1. The summed E-state index contributed by atoms with van der Waals surface area (Å²) in [6.45, 7) is 0.999. The van der Waals surface area contributed by atoms with Crippen molar-refractivity contribution in [3.05, 3.63) is 63.1 Å². The van der Waals surface area contributed by atoms with Crippen molar-refractivity contribution in [3.8, 4) is 0 Å². The van der Waals surface area contributed by atoms with Gasteiger partial charge in [-0.2, -0.15) is 0 Å². The molecule has 2 aromatic rings. The maximum Gasteiger partial charge on any atom is 0.244 e. The highest BCUT2D eigenvalue weighted by Gasteiger charge is 2.30. The normalized spacial score (nSPS) is 12.2. The molecule has 0 aliphatic carbocycles. The van der Waals surface area contributed by atoms with Crippen molar-refractivity contribution >= 4 is 62.3 Å². The van der Waals surface area contributed by atoms with E-state index in [1.165, 1.54) is 30.1 Å². The number of nitrogens with zero attached hydrogens (tertiary/aromatic N) is 2. The van der Waals surface area contributed by atoms with E-state index in [2.05, 4.69) is 5.32 Å². The fourth-order valence-corrected chi connectivity index (χ4v) is 4.50. The van der Waals surface area contributed by atoms with Crippen LogP contribution in [-0.2, 0) is 26.2 Å². The fraction of sp³-hybridized carbons (Fsp3) is 0.300. The van der Waals surface area contributed by atoms with Crippen molar-refractivity contribution in [1.82, 2.24) is 10.2 Å². The molecular formula is C20H22Cl3N3O4S. The van der Waals surface area contributed by atoms with Gasteiger partial charge >= 0.3 is 0 Å². The third-order valence-electron chi connectivity index (χ3n) is 4.57. The minimum atomic E-state index is -3.88. The van der Waals surface area contributed by atoms with Crippen molar-refractivity contribution < 1.29 is 18.0 Å². The summed E-state index contributed by atoms with van der Waals surface area (Å²) >= 11 is 18.3. The molecule has 0 saturated carbocycles. The maximum absolute atomic E-state index is 13.3. The number of halogens is 3. The average Bonchev–Trinajstić information content (AvgIpc) is 2.70. The molecule has 2 amide bonds. The topological polar surface area (TPSA) is 86.8 Å². The van der Waals surface area contributed by atoms with E-state index in [-0.39, 0.29) is 17.3 Å². The molecule has 0 bridgehead atoms. The predicted octanol–water partition coefficient (Wildman–Crippen LogP) is 3.58. The Balaban J connectivity index is 2.43. The lowest BCUT2D eigenvalue weighted by molar-refractivity contribution is -0.139. The Morgan fingerprint density at radius 3 is 2.26 bits per heavy atom. The second-order valence-electron chi connectivity index (χ2n) is 6.77. The maximum atomic E-state index is 13.3. The van der Waals surface area contributed by atoms with Crippen molar-refractivity contribution in [2.45, 2.75) is 19.5 Å². The molecule has 2 rings (SSSR count). The molecule has 31 heavy (non-hydrogen) atoms. The largest absolute Gasteiger partial charge is 0.357 e. The lowest BCUT2D eigenvalue weighted by Crippen LogP contribution is -2.50. The molecule has 1 N–H and O–H groups in total. The summed E-state index contributed by atoms with van der Waals surface area (Å²) in [5, 5.41) is 3.31. The molecule has 11 heteroatoms. The number of carbonyl (C=O) groups is 2. The van der Waals surface area contributed by atoms with Gasteiger partial charge in [0.15, 0.2) is 0 Å². The summed E-state index contributed by atoms with van der Waals surface area (Å²) in [5.41, 5.74) is 0.718. The Morgan fingerprint density at radius 1 is 1.06 bits per heavy atom. The van der Waals surface area contributed by atoms with Crippen molar-refractivity contribution in [2.75, 3.05) is 24.2 Å². The first-order valence-corrected chi connectivity index (χ1v) is 12.1. The minimum absolute atomic E-state index is 0.0129. The van der Waals surface area contributed by atoms with Gasteiger partial charge in [-0.3, -0.25) is 13.9 Å². The van der Waals surface area contributed by atoms with E-state index in [1.807, 2.05) is 0 Å². The van der Waals surface area contributed by atoms with Gasteiger partial charge in [-0.25, -0.2) is 8.42 Å². The van der Waals surface area contributed by atoms with Gasteiger partial charge in [0.2, 0.25) is 21.8 Å². The summed E-state index contributed by atoms with van der Waals surface area (Å²) < 4.78 is 25.8. The molecular weight excluding hydrogens is 485 g/mol. The number of rotatable bonds is 8. The van der Waals surface area contributed by atoms with E-state index >= 15 is 0 Å². The SMILES string of the molecule is CNC(=O)C(C)N(Cc1ccccc1Cl)C(=O)CN(c1ccc(Cl)cc1Cl)S(C)(=O)=O. The van der Waals surface area contributed by atoms with E-state index in [0.717, 1.165) is 10.6 Å². The molecule has 1 unspecified atom stereocenters. The van der Waals surface area contributed by atoms with Crippen LogP contribution in [0.2, 0.25) is 15.1 Å². The molecule has 0 radical (unpaired) electrons. The molecule has 7 nitrogen and oxygen atoms in total. The average molecular weight is 507 g/mol. The zero-order valence-corrected chi connectivity index (χ0v) is 20.2. The number of anilines is 1. The summed E-state index contributed by atoms with van der Waals surface area (Å²) in [5.74, 6) is -1.01. The Kier molecular flexibility index (Phi) is 8.59. The smallest absolute Gasteiger partial charge is 0.244 e. The van der Waals surface area contributed by atoms with E-state index in [4.69, 9.17) is 34.8 Å². The molecule has 0 aliphatic rings. The van der Waals surface area contributed by atoms with Crippen LogP contribution in [0.3, 0.4) is 0 Å². The quantitative estimate of drug-likeness (QED) is 0.593. The van der Waals surface area contributed by atoms with Crippen molar-refractivity contribution in [1.29, 1.82) is 0 Å². The van der Waals surface area contributed by atoms with E-state index in [1.54, 1.807) is 31.2 Å². The molecule has 1 atom stereocenters. The van der Waals surface area contributed by atoms with Crippen LogP contribution in [-0.4, -0.2) is 51.0 Å². The van der Waals surface area contributed by atoms with Crippen LogP contribution in [0.1, 0.15) is 12.5 Å². The van der Waals surface area contributed by atoms with Crippen LogP contribution in [0, 0.1) is 0 Å². The molecule has 0 saturated heterocycles. The van der Waals surface area contributed by atoms with Gasteiger partial charge in [-0.05, 0) is 36.8 Å². The van der Waals surface area contributed by atoms with Gasteiger partial charge in [0.25, 0.3) is 0 Å². The van der Waals surface area contributed by atoms with Crippen LogP contribution in [0.15, 0.2) is 42.5 Å². The zero-order chi connectivity index (χ0) is 23.3. The van der Waals surface area contributed by atoms with Crippen LogP contribution in [0.25, 0.3) is 0 Å². The van der Waals surface area contributed by atoms with Gasteiger partial charge in [-0.15, -0.1) is 0 Å². The predicted molar refractivity (Wildman–Crippen MR) is 124 cm³/mol. The Labute approximate surface area is 196 Å². The van der Waals surface area contributed by atoms with Gasteiger partial charge in [0, 0.05) is 23.6 Å². The first-order valence-electron chi connectivity index (χ1n) is 9.13. The number of nitrogens with one attached hydrogen (secondary N) is 1. The summed E-state index contributed by atoms with van der Waals surface area (Å²) in [6, 6.07) is 10.3. The third kappa shape index (κ3) is 6.49. The number of benzene rings is 2. The molecule has 0 heterocycles. The Hall–Kier alpha value is -2.00. The third-order valence-corrected chi connectivity index (χ3v) is 6.60. The second-order valence-corrected chi connectivity index (χ2v) is 9.93. The highest BCUT2D eigenvalue weighted by molar-refractivity contribution is 7.92. The number of hydrogen-bond donors (Lipinski definition) is 1. The van der Waals surface area contributed by atoms with Gasteiger partial charge in [0.1, 0.15) is 12.6 Å².